The first kappa shape index (κ1) is 25.4. The lowest BCUT2D eigenvalue weighted by Crippen LogP contribution is -2.34. The first-order valence-electron chi connectivity index (χ1n) is 12.6. The second-order valence-corrected chi connectivity index (χ2v) is 11.4. The van der Waals surface area contributed by atoms with Crippen LogP contribution in [-0.2, 0) is 16.1 Å². The molecule has 5 nitrogen and oxygen atoms in total. The standard InChI is InChI=1S/C31H33ClN2O3/c1-18-16-23-26(21-12-14-22(32)15-13-21)25(29(30(35)36)37-31(3,4)5)19(2)27-28(23)34(18)17-24(33(27)6)20-10-8-7-9-11-20/h7-16,24,29H,17H2,1-6H3,(H,35,36)/t24?,29-/m0/s1. The molecule has 0 radical (unpaired) electrons. The number of aliphatic carboxylic acids is 1. The lowest BCUT2D eigenvalue weighted by atomic mass is 9.86. The maximum Gasteiger partial charge on any atom is 0.337 e. The van der Waals surface area contributed by atoms with Gasteiger partial charge in [-0.15, -0.1) is 0 Å². The van der Waals surface area contributed by atoms with Gasteiger partial charge in [0.2, 0.25) is 0 Å². The van der Waals surface area contributed by atoms with Gasteiger partial charge < -0.3 is 19.3 Å². The van der Waals surface area contributed by atoms with E-state index in [1.54, 1.807) is 0 Å². The molecular weight excluding hydrogens is 484 g/mol. The van der Waals surface area contributed by atoms with Crippen molar-refractivity contribution in [1.82, 2.24) is 4.57 Å². The van der Waals surface area contributed by atoms with E-state index in [1.807, 2.05) is 58.0 Å². The van der Waals surface area contributed by atoms with Crippen LogP contribution in [0.25, 0.3) is 22.0 Å². The van der Waals surface area contributed by atoms with Gasteiger partial charge >= 0.3 is 5.97 Å². The zero-order chi connectivity index (χ0) is 26.6. The number of nitrogens with zero attached hydrogens (tertiary/aromatic N) is 2. The number of carboxylic acids is 1. The number of carbonyl (C=O) groups is 1. The minimum atomic E-state index is -1.14. The number of aryl methyl sites for hydroxylation is 1. The molecule has 37 heavy (non-hydrogen) atoms. The molecule has 0 spiro atoms. The van der Waals surface area contributed by atoms with Gasteiger partial charge in [0.15, 0.2) is 6.10 Å². The molecule has 0 fully saturated rings. The maximum atomic E-state index is 12.8. The van der Waals surface area contributed by atoms with E-state index in [9.17, 15) is 9.90 Å². The van der Waals surface area contributed by atoms with Gasteiger partial charge in [0.05, 0.1) is 22.8 Å². The number of benzene rings is 3. The quantitative estimate of drug-likeness (QED) is 0.295. The highest BCUT2D eigenvalue weighted by atomic mass is 35.5. The molecule has 0 bridgehead atoms. The topological polar surface area (TPSA) is 54.7 Å². The molecule has 5 rings (SSSR count). The third kappa shape index (κ3) is 4.41. The van der Waals surface area contributed by atoms with E-state index >= 15 is 0 Å². The molecule has 0 saturated carbocycles. The van der Waals surface area contributed by atoms with Crippen LogP contribution in [0.15, 0.2) is 60.7 Å². The first-order chi connectivity index (χ1) is 17.5. The molecular formula is C31H33ClN2O3. The number of ether oxygens (including phenoxy) is 1. The van der Waals surface area contributed by atoms with Crippen LogP contribution < -0.4 is 4.90 Å². The Labute approximate surface area is 223 Å². The summed E-state index contributed by atoms with van der Waals surface area (Å²) in [6.45, 7) is 10.6. The van der Waals surface area contributed by atoms with Gasteiger partial charge in [0.1, 0.15) is 0 Å². The van der Waals surface area contributed by atoms with Gasteiger partial charge in [-0.3, -0.25) is 0 Å². The van der Waals surface area contributed by atoms with E-state index in [4.69, 9.17) is 16.3 Å². The van der Waals surface area contributed by atoms with Gasteiger partial charge in [-0.25, -0.2) is 4.79 Å². The zero-order valence-electron chi connectivity index (χ0n) is 22.2. The van der Waals surface area contributed by atoms with Crippen LogP contribution in [0, 0.1) is 13.8 Å². The Balaban J connectivity index is 1.87. The Morgan fingerprint density at radius 2 is 1.73 bits per heavy atom. The fourth-order valence-electron chi connectivity index (χ4n) is 5.72. The van der Waals surface area contributed by atoms with Crippen molar-refractivity contribution in [1.29, 1.82) is 0 Å². The number of anilines is 1. The van der Waals surface area contributed by atoms with Crippen LogP contribution in [0.1, 0.15) is 55.3 Å². The SMILES string of the molecule is Cc1c([C@H](OC(C)(C)C)C(=O)O)c(-c2ccc(Cl)cc2)c2cc(C)n3c2c1N(C)C(c1ccccc1)C3. The minimum Gasteiger partial charge on any atom is -0.479 e. The maximum absolute atomic E-state index is 12.8. The minimum absolute atomic E-state index is 0.114. The van der Waals surface area contributed by atoms with Gasteiger partial charge in [-0.1, -0.05) is 54.1 Å². The van der Waals surface area contributed by atoms with Crippen LogP contribution in [0.2, 0.25) is 5.02 Å². The van der Waals surface area contributed by atoms with Gasteiger partial charge in [0.25, 0.3) is 0 Å². The molecule has 0 saturated heterocycles. The number of halogens is 1. The highest BCUT2D eigenvalue weighted by Crippen LogP contribution is 2.50. The van der Waals surface area contributed by atoms with Crippen molar-refractivity contribution >= 4 is 34.2 Å². The molecule has 1 unspecified atom stereocenters. The van der Waals surface area contributed by atoms with E-state index < -0.39 is 17.7 Å². The molecule has 3 aromatic carbocycles. The van der Waals surface area contributed by atoms with E-state index in [1.165, 1.54) is 5.56 Å². The van der Waals surface area contributed by atoms with E-state index in [2.05, 4.69) is 53.8 Å². The summed E-state index contributed by atoms with van der Waals surface area (Å²) in [4.78, 5) is 15.1. The second-order valence-electron chi connectivity index (χ2n) is 10.9. The number of hydrogen-bond acceptors (Lipinski definition) is 3. The van der Waals surface area contributed by atoms with Crippen molar-refractivity contribution in [3.05, 3.63) is 88.1 Å². The summed E-state index contributed by atoms with van der Waals surface area (Å²) in [5, 5.41) is 12.1. The number of hydrogen-bond donors (Lipinski definition) is 1. The third-order valence-corrected chi connectivity index (χ3v) is 7.53. The molecule has 1 aromatic heterocycles. The van der Waals surface area contributed by atoms with Gasteiger partial charge in [-0.05, 0) is 75.1 Å². The van der Waals surface area contributed by atoms with Crippen molar-refractivity contribution in [2.45, 2.75) is 58.9 Å². The molecule has 2 atom stereocenters. The Kier molecular flexibility index (Phi) is 6.33. The third-order valence-electron chi connectivity index (χ3n) is 7.28. The van der Waals surface area contributed by atoms with Crippen LogP contribution in [0.5, 0.6) is 0 Å². The second kappa shape index (κ2) is 9.23. The fourth-order valence-corrected chi connectivity index (χ4v) is 5.85. The fraction of sp³-hybridized carbons (Fsp3) is 0.323. The van der Waals surface area contributed by atoms with E-state index in [0.717, 1.165) is 45.5 Å². The molecule has 0 amide bonds. The van der Waals surface area contributed by atoms with E-state index in [-0.39, 0.29) is 6.04 Å². The Morgan fingerprint density at radius 3 is 2.32 bits per heavy atom. The Morgan fingerprint density at radius 1 is 1.08 bits per heavy atom. The van der Waals surface area contributed by atoms with Crippen molar-refractivity contribution < 1.29 is 14.6 Å². The van der Waals surface area contributed by atoms with Crippen LogP contribution in [0.3, 0.4) is 0 Å². The number of rotatable bonds is 5. The van der Waals surface area contributed by atoms with Crippen LogP contribution in [-0.4, -0.2) is 28.3 Å². The molecule has 2 heterocycles. The normalized spacial score (nSPS) is 16.3. The molecule has 1 aliphatic heterocycles. The predicted molar refractivity (Wildman–Crippen MR) is 151 cm³/mol. The lowest BCUT2D eigenvalue weighted by molar-refractivity contribution is -0.160. The lowest BCUT2D eigenvalue weighted by Gasteiger charge is -2.39. The molecule has 192 valence electrons. The smallest absolute Gasteiger partial charge is 0.337 e. The molecule has 1 aliphatic rings. The van der Waals surface area contributed by atoms with Gasteiger partial charge in [-0.2, -0.15) is 0 Å². The summed E-state index contributed by atoms with van der Waals surface area (Å²) < 4.78 is 8.63. The highest BCUT2D eigenvalue weighted by molar-refractivity contribution is 6.30. The summed E-state index contributed by atoms with van der Waals surface area (Å²) in [6.07, 6.45) is -1.14. The average molecular weight is 517 g/mol. The van der Waals surface area contributed by atoms with E-state index in [0.29, 0.717) is 10.6 Å². The first-order valence-corrected chi connectivity index (χ1v) is 13.0. The zero-order valence-corrected chi connectivity index (χ0v) is 22.9. The number of likely N-dealkylation sites (N-methyl/N-ethyl adjacent to an activating group) is 1. The molecule has 4 aromatic rings. The average Bonchev–Trinajstić information content (AvgIpc) is 3.16. The Bertz CT molecular complexity index is 1480. The predicted octanol–water partition coefficient (Wildman–Crippen LogP) is 7.71. The number of carboxylic acid groups (broad SMARTS) is 1. The molecule has 0 aliphatic carbocycles. The highest BCUT2D eigenvalue weighted by Gasteiger charge is 2.37. The largest absolute Gasteiger partial charge is 0.479 e. The van der Waals surface area contributed by atoms with Crippen LogP contribution >= 0.6 is 11.6 Å². The summed E-state index contributed by atoms with van der Waals surface area (Å²) in [7, 11) is 2.11. The summed E-state index contributed by atoms with van der Waals surface area (Å²) in [5.74, 6) is -1.01. The Hall–Kier alpha value is -3.28. The monoisotopic (exact) mass is 516 g/mol. The summed E-state index contributed by atoms with van der Waals surface area (Å²) in [6, 6.07) is 20.4. The number of aromatic nitrogens is 1. The van der Waals surface area contributed by atoms with Crippen LogP contribution in [0.4, 0.5) is 5.69 Å². The van der Waals surface area contributed by atoms with Crippen molar-refractivity contribution in [2.24, 2.45) is 0 Å². The van der Waals surface area contributed by atoms with Crippen molar-refractivity contribution in [3.8, 4) is 11.1 Å². The van der Waals surface area contributed by atoms with Gasteiger partial charge in [0, 0.05) is 35.3 Å². The van der Waals surface area contributed by atoms with Crippen molar-refractivity contribution in [3.63, 3.8) is 0 Å². The molecule has 1 N–H and O–H groups in total. The summed E-state index contributed by atoms with van der Waals surface area (Å²) in [5.41, 5.74) is 7.28. The van der Waals surface area contributed by atoms with Crippen molar-refractivity contribution in [2.75, 3.05) is 11.9 Å². The molecule has 6 heteroatoms. The summed E-state index contributed by atoms with van der Waals surface area (Å²) >= 11 is 6.24.